The molecule has 0 bridgehead atoms. The molecule has 1 aromatic carbocycles. The van der Waals surface area contributed by atoms with Crippen molar-refractivity contribution in [1.29, 1.82) is 0 Å². The number of methoxy groups -OCH3 is 1. The van der Waals surface area contributed by atoms with Crippen LogP contribution in [-0.2, 0) is 9.47 Å². The number of hydrogen-bond donors (Lipinski definition) is 0. The minimum Gasteiger partial charge on any atom is -0.456 e. The predicted molar refractivity (Wildman–Crippen MR) is 77.7 cm³/mol. The topological polar surface area (TPSA) is 35.5 Å². The molecular formula is C14H17IO3. The van der Waals surface area contributed by atoms with E-state index in [0.717, 1.165) is 28.4 Å². The number of carbonyl (C=O) groups excluding carboxylic acids is 1. The van der Waals surface area contributed by atoms with E-state index in [9.17, 15) is 4.79 Å². The molecule has 18 heavy (non-hydrogen) atoms. The summed E-state index contributed by atoms with van der Waals surface area (Å²) in [4.78, 5) is 12.2. The Balaban J connectivity index is 2.10. The summed E-state index contributed by atoms with van der Waals surface area (Å²) in [5.41, 5.74) is 1.75. The number of carbonyl (C=O) groups is 1. The second-order valence-corrected chi connectivity index (χ2v) is 5.66. The average molecular weight is 360 g/mol. The van der Waals surface area contributed by atoms with Gasteiger partial charge in [0.05, 0.1) is 11.7 Å². The summed E-state index contributed by atoms with van der Waals surface area (Å²) in [5.74, 6) is -0.239. The van der Waals surface area contributed by atoms with Crippen molar-refractivity contribution in [2.75, 3.05) is 7.11 Å². The molecule has 4 heteroatoms. The lowest BCUT2D eigenvalue weighted by molar-refractivity contribution is -0.0207. The van der Waals surface area contributed by atoms with Gasteiger partial charge in [-0.25, -0.2) is 4.79 Å². The molecule has 1 fully saturated rings. The van der Waals surface area contributed by atoms with E-state index in [2.05, 4.69) is 22.6 Å². The van der Waals surface area contributed by atoms with Crippen molar-refractivity contribution >= 4 is 28.6 Å². The number of aryl methyl sites for hydroxylation is 1. The van der Waals surface area contributed by atoms with Crippen LogP contribution in [0.25, 0.3) is 0 Å². The molecule has 1 aromatic rings. The first-order chi connectivity index (χ1) is 8.63. The Morgan fingerprint density at radius 1 is 1.33 bits per heavy atom. The Morgan fingerprint density at radius 3 is 2.78 bits per heavy atom. The second-order valence-electron chi connectivity index (χ2n) is 4.59. The largest absolute Gasteiger partial charge is 0.456 e. The highest BCUT2D eigenvalue weighted by Gasteiger charge is 2.31. The summed E-state index contributed by atoms with van der Waals surface area (Å²) in [6.45, 7) is 1.99. The first-order valence-electron chi connectivity index (χ1n) is 6.12. The van der Waals surface area contributed by atoms with Crippen LogP contribution in [0.4, 0.5) is 0 Å². The first-order valence-corrected chi connectivity index (χ1v) is 7.20. The molecule has 2 atom stereocenters. The van der Waals surface area contributed by atoms with Crippen molar-refractivity contribution in [3.05, 3.63) is 32.9 Å². The smallest absolute Gasteiger partial charge is 0.339 e. The average Bonchev–Trinajstić information content (AvgIpc) is 2.79. The van der Waals surface area contributed by atoms with Gasteiger partial charge in [-0.1, -0.05) is 12.1 Å². The molecule has 2 unspecified atom stereocenters. The fraction of sp³-hybridized carbons (Fsp3) is 0.500. The molecule has 2 rings (SSSR count). The van der Waals surface area contributed by atoms with Gasteiger partial charge >= 0.3 is 5.97 Å². The first kappa shape index (κ1) is 13.8. The Bertz CT molecular complexity index is 445. The number of rotatable bonds is 3. The van der Waals surface area contributed by atoms with Crippen LogP contribution in [0.5, 0.6) is 0 Å². The summed E-state index contributed by atoms with van der Waals surface area (Å²) in [6, 6.07) is 5.69. The van der Waals surface area contributed by atoms with Crippen LogP contribution in [0.3, 0.4) is 0 Å². The maximum absolute atomic E-state index is 12.2. The minimum atomic E-state index is -0.239. The molecular weight excluding hydrogens is 343 g/mol. The quantitative estimate of drug-likeness (QED) is 0.613. The van der Waals surface area contributed by atoms with Gasteiger partial charge in [0.1, 0.15) is 6.10 Å². The zero-order valence-electron chi connectivity index (χ0n) is 10.6. The summed E-state index contributed by atoms with van der Waals surface area (Å²) >= 11 is 2.19. The van der Waals surface area contributed by atoms with Gasteiger partial charge < -0.3 is 9.47 Å². The van der Waals surface area contributed by atoms with Gasteiger partial charge in [0.25, 0.3) is 0 Å². The van der Waals surface area contributed by atoms with Crippen molar-refractivity contribution in [2.24, 2.45) is 0 Å². The monoisotopic (exact) mass is 360 g/mol. The van der Waals surface area contributed by atoms with Crippen LogP contribution in [0.15, 0.2) is 18.2 Å². The molecule has 1 saturated carbocycles. The third kappa shape index (κ3) is 2.85. The minimum absolute atomic E-state index is 0.0522. The van der Waals surface area contributed by atoms with Crippen LogP contribution in [0, 0.1) is 10.5 Å². The zero-order valence-corrected chi connectivity index (χ0v) is 12.8. The van der Waals surface area contributed by atoms with Crippen LogP contribution in [0.1, 0.15) is 35.2 Å². The molecule has 0 aliphatic heterocycles. The van der Waals surface area contributed by atoms with E-state index < -0.39 is 0 Å². The molecule has 1 aliphatic carbocycles. The third-order valence-electron chi connectivity index (χ3n) is 3.36. The second kappa shape index (κ2) is 6.02. The van der Waals surface area contributed by atoms with E-state index in [1.54, 1.807) is 7.11 Å². The molecule has 0 saturated heterocycles. The standard InChI is InChI=1S/C14H17IO3/c1-9-5-3-6-10(13(9)15)14(16)18-12-8-4-7-11(12)17-2/h3,5-6,11-12H,4,7-8H2,1-2H3. The van der Waals surface area contributed by atoms with Gasteiger partial charge in [-0.05, 0) is 60.4 Å². The normalized spacial score (nSPS) is 23.1. The molecule has 0 spiro atoms. The van der Waals surface area contributed by atoms with Gasteiger partial charge in [0, 0.05) is 10.7 Å². The highest BCUT2D eigenvalue weighted by atomic mass is 127. The Kier molecular flexibility index (Phi) is 4.61. The third-order valence-corrected chi connectivity index (χ3v) is 4.80. The number of hydrogen-bond acceptors (Lipinski definition) is 3. The molecule has 3 nitrogen and oxygen atoms in total. The summed E-state index contributed by atoms with van der Waals surface area (Å²) in [6.07, 6.45) is 2.88. The van der Waals surface area contributed by atoms with Crippen molar-refractivity contribution < 1.29 is 14.3 Å². The number of esters is 1. The van der Waals surface area contributed by atoms with Crippen LogP contribution in [0.2, 0.25) is 0 Å². The van der Waals surface area contributed by atoms with E-state index in [-0.39, 0.29) is 18.2 Å². The van der Waals surface area contributed by atoms with Gasteiger partial charge in [-0.3, -0.25) is 0 Å². The fourth-order valence-corrected chi connectivity index (χ4v) is 2.88. The van der Waals surface area contributed by atoms with Crippen LogP contribution in [-0.4, -0.2) is 25.3 Å². The summed E-state index contributed by atoms with van der Waals surface area (Å²) < 4.78 is 11.9. The van der Waals surface area contributed by atoms with E-state index in [4.69, 9.17) is 9.47 Å². The maximum atomic E-state index is 12.2. The highest BCUT2D eigenvalue weighted by molar-refractivity contribution is 14.1. The lowest BCUT2D eigenvalue weighted by Crippen LogP contribution is -2.28. The Hall–Kier alpha value is -0.620. The summed E-state index contributed by atoms with van der Waals surface area (Å²) in [7, 11) is 1.67. The van der Waals surface area contributed by atoms with E-state index in [1.807, 2.05) is 25.1 Å². The van der Waals surface area contributed by atoms with E-state index in [1.165, 1.54) is 0 Å². The van der Waals surface area contributed by atoms with Gasteiger partial charge in [0.15, 0.2) is 0 Å². The van der Waals surface area contributed by atoms with Gasteiger partial charge in [0.2, 0.25) is 0 Å². The lowest BCUT2D eigenvalue weighted by Gasteiger charge is -2.19. The molecule has 0 amide bonds. The molecule has 0 N–H and O–H groups in total. The van der Waals surface area contributed by atoms with Crippen LogP contribution < -0.4 is 0 Å². The maximum Gasteiger partial charge on any atom is 0.339 e. The van der Waals surface area contributed by atoms with Crippen molar-refractivity contribution in [3.8, 4) is 0 Å². The molecule has 98 valence electrons. The molecule has 0 radical (unpaired) electrons. The fourth-order valence-electron chi connectivity index (χ4n) is 2.30. The SMILES string of the molecule is COC1CCCC1OC(=O)c1cccc(C)c1I. The number of benzene rings is 1. The molecule has 1 aliphatic rings. The van der Waals surface area contributed by atoms with Crippen molar-refractivity contribution in [3.63, 3.8) is 0 Å². The van der Waals surface area contributed by atoms with Gasteiger partial charge in [-0.2, -0.15) is 0 Å². The van der Waals surface area contributed by atoms with E-state index >= 15 is 0 Å². The summed E-state index contributed by atoms with van der Waals surface area (Å²) in [5, 5.41) is 0. The predicted octanol–water partition coefficient (Wildman–Crippen LogP) is 3.32. The lowest BCUT2D eigenvalue weighted by atomic mass is 10.1. The van der Waals surface area contributed by atoms with Crippen LogP contribution >= 0.6 is 22.6 Å². The highest BCUT2D eigenvalue weighted by Crippen LogP contribution is 2.26. The van der Waals surface area contributed by atoms with E-state index in [0.29, 0.717) is 5.56 Å². The number of ether oxygens (including phenoxy) is 2. The Morgan fingerprint density at radius 2 is 2.06 bits per heavy atom. The Labute approximate surface area is 121 Å². The van der Waals surface area contributed by atoms with Gasteiger partial charge in [-0.15, -0.1) is 0 Å². The molecule has 0 aromatic heterocycles. The molecule has 0 heterocycles. The van der Waals surface area contributed by atoms with Crippen molar-refractivity contribution in [1.82, 2.24) is 0 Å². The zero-order chi connectivity index (χ0) is 13.1. The number of halogens is 1. The van der Waals surface area contributed by atoms with Crippen molar-refractivity contribution in [2.45, 2.75) is 38.4 Å².